The maximum atomic E-state index is 13.5. The number of hydrogen-bond donors (Lipinski definition) is 0. The van der Waals surface area contributed by atoms with E-state index in [1.54, 1.807) is 19.9 Å². The second-order valence-corrected chi connectivity index (χ2v) is 10.3. The molecule has 0 saturated carbocycles. The van der Waals surface area contributed by atoms with Gasteiger partial charge in [-0.15, -0.1) is 0 Å². The van der Waals surface area contributed by atoms with Crippen molar-refractivity contribution in [2.24, 2.45) is 0 Å². The molecule has 4 rings (SSSR count). The lowest BCUT2D eigenvalue weighted by molar-refractivity contribution is 0.284. The van der Waals surface area contributed by atoms with Crippen LogP contribution in [0.4, 0.5) is 0 Å². The van der Waals surface area contributed by atoms with Crippen LogP contribution in [-0.4, -0.2) is 24.5 Å². The molecule has 0 bridgehead atoms. The van der Waals surface area contributed by atoms with E-state index in [0.717, 1.165) is 34.0 Å². The van der Waals surface area contributed by atoms with E-state index in [1.807, 2.05) is 50.4 Å². The van der Waals surface area contributed by atoms with E-state index in [-0.39, 0.29) is 23.5 Å². The van der Waals surface area contributed by atoms with E-state index in [0.29, 0.717) is 22.1 Å². The molecule has 7 nitrogen and oxygen atoms in total. The monoisotopic (exact) mass is 503 g/mol. The average molecular weight is 504 g/mol. The normalized spacial score (nSPS) is 11.6. The zero-order chi connectivity index (χ0) is 26.2. The first-order valence-electron chi connectivity index (χ1n) is 11.8. The summed E-state index contributed by atoms with van der Waals surface area (Å²) in [5.74, 6) is 1.49. The minimum absolute atomic E-state index is 0.198. The van der Waals surface area contributed by atoms with Gasteiger partial charge in [-0.25, -0.2) is 9.97 Å². The highest BCUT2D eigenvalue weighted by atomic mass is 35.5. The van der Waals surface area contributed by atoms with Crippen molar-refractivity contribution < 1.29 is 4.74 Å². The van der Waals surface area contributed by atoms with Crippen molar-refractivity contribution >= 4 is 11.6 Å². The number of halogens is 1. The van der Waals surface area contributed by atoms with Gasteiger partial charge in [0.1, 0.15) is 18.3 Å². The quantitative estimate of drug-likeness (QED) is 0.340. The number of hydrogen-bond acceptors (Lipinski definition) is 6. The van der Waals surface area contributed by atoms with Gasteiger partial charge in [0.05, 0.1) is 27.7 Å². The molecule has 0 radical (unpaired) electrons. The fourth-order valence-electron chi connectivity index (χ4n) is 3.86. The molecule has 0 aliphatic rings. The minimum Gasteiger partial charge on any atom is -0.471 e. The van der Waals surface area contributed by atoms with Crippen LogP contribution in [0.15, 0.2) is 47.4 Å². The zero-order valence-corrected chi connectivity index (χ0v) is 22.4. The summed E-state index contributed by atoms with van der Waals surface area (Å²) in [7, 11) is 0. The predicted molar refractivity (Wildman–Crippen MR) is 142 cm³/mol. The Bertz CT molecular complexity index is 1510. The Morgan fingerprint density at radius 3 is 2.44 bits per heavy atom. The minimum atomic E-state index is -0.247. The summed E-state index contributed by atoms with van der Waals surface area (Å²) in [6.07, 6.45) is 1.83. The number of aromatic nitrogens is 5. The van der Waals surface area contributed by atoms with Crippen LogP contribution >= 0.6 is 11.6 Å². The number of aryl methyl sites for hydroxylation is 3. The molecular formula is C28H30ClN5O2. The first-order chi connectivity index (χ1) is 17.0. The summed E-state index contributed by atoms with van der Waals surface area (Å²) in [6, 6.07) is 11.3. The molecule has 3 aromatic heterocycles. The van der Waals surface area contributed by atoms with Crippen LogP contribution in [0, 0.1) is 27.7 Å². The third-order valence-corrected chi connectivity index (χ3v) is 6.16. The molecule has 4 aromatic rings. The lowest BCUT2D eigenvalue weighted by atomic mass is 9.95. The summed E-state index contributed by atoms with van der Waals surface area (Å²) in [5, 5.41) is 0.436. The highest BCUT2D eigenvalue weighted by Crippen LogP contribution is 2.30. The summed E-state index contributed by atoms with van der Waals surface area (Å²) in [6.45, 7) is 13.8. The van der Waals surface area contributed by atoms with Gasteiger partial charge >= 0.3 is 0 Å². The zero-order valence-electron chi connectivity index (χ0n) is 21.7. The summed E-state index contributed by atoms with van der Waals surface area (Å²) >= 11 is 6.59. The van der Waals surface area contributed by atoms with Gasteiger partial charge in [0.25, 0.3) is 5.56 Å². The smallest absolute Gasteiger partial charge is 0.264 e. The Morgan fingerprint density at radius 2 is 1.75 bits per heavy atom. The van der Waals surface area contributed by atoms with Gasteiger partial charge in [0, 0.05) is 22.9 Å². The van der Waals surface area contributed by atoms with Gasteiger partial charge in [-0.2, -0.15) is 4.98 Å². The average Bonchev–Trinajstić information content (AvgIpc) is 2.81. The number of ether oxygens (including phenoxy) is 1. The molecule has 3 heterocycles. The molecule has 0 unspecified atom stereocenters. The molecule has 0 atom stereocenters. The lowest BCUT2D eigenvalue weighted by Gasteiger charge is -2.19. The molecule has 8 heteroatoms. The van der Waals surface area contributed by atoms with Crippen LogP contribution in [0.5, 0.6) is 5.88 Å². The molecule has 0 fully saturated rings. The van der Waals surface area contributed by atoms with Crippen molar-refractivity contribution in [3.63, 3.8) is 0 Å². The molecule has 1 aromatic carbocycles. The summed E-state index contributed by atoms with van der Waals surface area (Å²) in [4.78, 5) is 31.8. The molecule has 36 heavy (non-hydrogen) atoms. The molecule has 0 saturated heterocycles. The molecule has 0 aliphatic heterocycles. The van der Waals surface area contributed by atoms with E-state index < -0.39 is 0 Å². The van der Waals surface area contributed by atoms with Crippen LogP contribution in [0.1, 0.15) is 54.9 Å². The van der Waals surface area contributed by atoms with E-state index in [2.05, 4.69) is 35.7 Å². The van der Waals surface area contributed by atoms with Crippen LogP contribution in [-0.2, 0) is 12.0 Å². The molecule has 0 spiro atoms. The number of benzene rings is 1. The van der Waals surface area contributed by atoms with Crippen molar-refractivity contribution in [2.75, 3.05) is 0 Å². The van der Waals surface area contributed by atoms with Gasteiger partial charge in [0.15, 0.2) is 0 Å². The van der Waals surface area contributed by atoms with Crippen molar-refractivity contribution in [3.05, 3.63) is 92.1 Å². The second kappa shape index (κ2) is 9.82. The first kappa shape index (κ1) is 25.5. The van der Waals surface area contributed by atoms with Crippen molar-refractivity contribution in [3.8, 4) is 22.8 Å². The third-order valence-electron chi connectivity index (χ3n) is 5.84. The second-order valence-electron chi connectivity index (χ2n) is 9.93. The standard InChI is InChI=1S/C28H30ClN5O2/c1-16-14-30-27(28(5,6)7)33-24(16)20-11-12-22(29)23(13-20)34-19(4)32-25(18(3)26(34)35)36-15-21-10-8-9-17(2)31-21/h8-14H,15H2,1-7H3. The van der Waals surface area contributed by atoms with Gasteiger partial charge in [-0.1, -0.05) is 44.5 Å². The van der Waals surface area contributed by atoms with Crippen molar-refractivity contribution in [1.82, 2.24) is 24.5 Å². The fraction of sp³-hybridized carbons (Fsp3) is 0.321. The Morgan fingerprint density at radius 1 is 1.00 bits per heavy atom. The number of rotatable bonds is 5. The SMILES string of the molecule is Cc1cccc(COc2nc(C)n(-c3cc(-c4nc(C(C)(C)C)ncc4C)ccc3Cl)c(=O)c2C)n1. The maximum Gasteiger partial charge on any atom is 0.264 e. The van der Waals surface area contributed by atoms with Crippen molar-refractivity contribution in [1.29, 1.82) is 0 Å². The molecule has 0 aliphatic carbocycles. The fourth-order valence-corrected chi connectivity index (χ4v) is 4.06. The summed E-state index contributed by atoms with van der Waals surface area (Å²) < 4.78 is 7.39. The van der Waals surface area contributed by atoms with Gasteiger partial charge in [-0.05, 0) is 57.5 Å². The van der Waals surface area contributed by atoms with Gasteiger partial charge in [0.2, 0.25) is 5.88 Å². The Balaban J connectivity index is 1.75. The summed E-state index contributed by atoms with van der Waals surface area (Å²) in [5.41, 5.74) is 4.72. The molecule has 186 valence electrons. The Hall–Kier alpha value is -3.58. The van der Waals surface area contributed by atoms with Gasteiger partial charge in [-0.3, -0.25) is 14.3 Å². The highest BCUT2D eigenvalue weighted by molar-refractivity contribution is 6.32. The predicted octanol–water partition coefficient (Wildman–Crippen LogP) is 5.85. The van der Waals surface area contributed by atoms with Crippen molar-refractivity contribution in [2.45, 2.75) is 60.5 Å². The first-order valence-corrected chi connectivity index (χ1v) is 12.1. The Labute approximate surface area is 216 Å². The van der Waals surface area contributed by atoms with E-state index in [1.165, 1.54) is 4.57 Å². The van der Waals surface area contributed by atoms with Crippen LogP contribution in [0.3, 0.4) is 0 Å². The van der Waals surface area contributed by atoms with E-state index >= 15 is 0 Å². The lowest BCUT2D eigenvalue weighted by Crippen LogP contribution is -2.25. The largest absolute Gasteiger partial charge is 0.471 e. The highest BCUT2D eigenvalue weighted by Gasteiger charge is 2.21. The van der Waals surface area contributed by atoms with E-state index in [4.69, 9.17) is 21.3 Å². The van der Waals surface area contributed by atoms with Crippen LogP contribution in [0.2, 0.25) is 5.02 Å². The van der Waals surface area contributed by atoms with Crippen LogP contribution < -0.4 is 10.3 Å². The van der Waals surface area contributed by atoms with Crippen LogP contribution in [0.25, 0.3) is 16.9 Å². The number of nitrogens with zero attached hydrogens (tertiary/aromatic N) is 5. The van der Waals surface area contributed by atoms with E-state index in [9.17, 15) is 4.79 Å². The topological polar surface area (TPSA) is 82.8 Å². The molecule has 0 N–H and O–H groups in total. The third kappa shape index (κ3) is 5.16. The number of pyridine rings is 1. The molecular weight excluding hydrogens is 474 g/mol. The Kier molecular flexibility index (Phi) is 6.96. The molecule has 0 amide bonds. The maximum absolute atomic E-state index is 13.5. The van der Waals surface area contributed by atoms with Gasteiger partial charge < -0.3 is 4.74 Å².